The summed E-state index contributed by atoms with van der Waals surface area (Å²) in [7, 11) is 1.64. The second-order valence-electron chi connectivity index (χ2n) is 3.24. The van der Waals surface area contributed by atoms with Crippen LogP contribution in [0.25, 0.3) is 0 Å². The molecule has 86 valence electrons. The molecule has 0 saturated heterocycles. The maximum atomic E-state index is 5.50. The molecule has 0 fully saturated rings. The molecule has 0 aliphatic heterocycles. The zero-order valence-electron chi connectivity index (χ0n) is 9.38. The fourth-order valence-corrected chi connectivity index (χ4v) is 1.93. The molecule has 0 saturated carbocycles. The van der Waals surface area contributed by atoms with Gasteiger partial charge in [-0.1, -0.05) is 6.07 Å². The molecule has 0 aliphatic carbocycles. The van der Waals surface area contributed by atoms with E-state index >= 15 is 0 Å². The van der Waals surface area contributed by atoms with Crippen LogP contribution in [-0.2, 0) is 0 Å². The van der Waals surface area contributed by atoms with Crippen LogP contribution in [0.5, 0.6) is 5.75 Å². The van der Waals surface area contributed by atoms with E-state index in [2.05, 4.69) is 33.2 Å². The molecular weight excluding hydrogens is 268 g/mol. The van der Waals surface area contributed by atoms with Crippen molar-refractivity contribution in [1.29, 1.82) is 0 Å². The minimum absolute atomic E-state index is 0.0367. The summed E-state index contributed by atoms with van der Waals surface area (Å²) in [6.07, 6.45) is 0.686. The van der Waals surface area contributed by atoms with E-state index in [0.29, 0.717) is 6.42 Å². The summed E-state index contributed by atoms with van der Waals surface area (Å²) in [6, 6.07) is 5.91. The first-order valence-corrected chi connectivity index (χ1v) is 5.71. The van der Waals surface area contributed by atoms with Gasteiger partial charge in [-0.2, -0.15) is 0 Å². The highest BCUT2D eigenvalue weighted by Crippen LogP contribution is 2.28. The molecule has 0 spiro atoms. The molecule has 1 aromatic carbocycles. The van der Waals surface area contributed by atoms with Gasteiger partial charge in [0.1, 0.15) is 5.75 Å². The van der Waals surface area contributed by atoms with Gasteiger partial charge < -0.3 is 4.74 Å². The van der Waals surface area contributed by atoms with Gasteiger partial charge in [-0.05, 0) is 40.5 Å². The maximum Gasteiger partial charge on any atom is 0.133 e. The summed E-state index contributed by atoms with van der Waals surface area (Å²) in [5.74, 6) is 12.2. The summed E-state index contributed by atoms with van der Waals surface area (Å²) in [5.41, 5.74) is 3.84. The fourth-order valence-electron chi connectivity index (χ4n) is 1.38. The highest BCUT2D eigenvalue weighted by Gasteiger charge is 2.10. The third-order valence-corrected chi connectivity index (χ3v) is 2.88. The molecule has 0 aromatic heterocycles. The monoisotopic (exact) mass is 282 g/mol. The van der Waals surface area contributed by atoms with Gasteiger partial charge >= 0.3 is 0 Å². The standard InChI is InChI=1S/C12H15BrN2O/c1-3-4-5-11(15-14)9-6-7-12(16-2)10(13)8-9/h6-8,11,15H,5,14H2,1-2H3. The van der Waals surface area contributed by atoms with E-state index in [1.807, 2.05) is 25.1 Å². The van der Waals surface area contributed by atoms with Crippen molar-refractivity contribution in [3.63, 3.8) is 0 Å². The molecule has 0 aliphatic rings. The van der Waals surface area contributed by atoms with Crippen molar-refractivity contribution in [2.75, 3.05) is 7.11 Å². The van der Waals surface area contributed by atoms with Crippen LogP contribution in [0.2, 0.25) is 0 Å². The van der Waals surface area contributed by atoms with E-state index in [4.69, 9.17) is 10.6 Å². The number of nitrogens with two attached hydrogens (primary N) is 1. The summed E-state index contributed by atoms with van der Waals surface area (Å²) in [6.45, 7) is 1.82. The number of hydrogen-bond acceptors (Lipinski definition) is 3. The van der Waals surface area contributed by atoms with E-state index in [-0.39, 0.29) is 6.04 Å². The lowest BCUT2D eigenvalue weighted by Crippen LogP contribution is -2.27. The van der Waals surface area contributed by atoms with E-state index in [9.17, 15) is 0 Å². The summed E-state index contributed by atoms with van der Waals surface area (Å²) < 4.78 is 6.08. The van der Waals surface area contributed by atoms with Crippen LogP contribution in [0.1, 0.15) is 24.9 Å². The second kappa shape index (κ2) is 6.54. The van der Waals surface area contributed by atoms with Gasteiger partial charge in [-0.25, -0.2) is 0 Å². The van der Waals surface area contributed by atoms with Gasteiger partial charge in [0.05, 0.1) is 17.6 Å². The predicted octanol–water partition coefficient (Wildman–Crippen LogP) is 2.38. The van der Waals surface area contributed by atoms with Crippen molar-refractivity contribution in [2.45, 2.75) is 19.4 Å². The van der Waals surface area contributed by atoms with Crippen molar-refractivity contribution >= 4 is 15.9 Å². The highest BCUT2D eigenvalue weighted by molar-refractivity contribution is 9.10. The average molecular weight is 283 g/mol. The quantitative estimate of drug-likeness (QED) is 0.506. The third-order valence-electron chi connectivity index (χ3n) is 2.26. The molecule has 0 amide bonds. The van der Waals surface area contributed by atoms with Crippen LogP contribution in [0.3, 0.4) is 0 Å². The Labute approximate surface area is 104 Å². The Morgan fingerprint density at radius 2 is 2.31 bits per heavy atom. The molecule has 16 heavy (non-hydrogen) atoms. The molecule has 1 atom stereocenters. The van der Waals surface area contributed by atoms with Gasteiger partial charge in [-0.3, -0.25) is 11.3 Å². The Hall–Kier alpha value is -1.02. The van der Waals surface area contributed by atoms with Gasteiger partial charge in [0.15, 0.2) is 0 Å². The molecule has 1 rings (SSSR count). The first-order chi connectivity index (χ1) is 7.72. The summed E-state index contributed by atoms with van der Waals surface area (Å²) in [5, 5.41) is 0. The van der Waals surface area contributed by atoms with E-state index < -0.39 is 0 Å². The van der Waals surface area contributed by atoms with E-state index in [1.54, 1.807) is 7.11 Å². The molecule has 1 aromatic rings. The number of halogens is 1. The van der Waals surface area contributed by atoms with Crippen LogP contribution in [0.4, 0.5) is 0 Å². The first-order valence-electron chi connectivity index (χ1n) is 4.92. The second-order valence-corrected chi connectivity index (χ2v) is 4.10. The number of methoxy groups -OCH3 is 1. The van der Waals surface area contributed by atoms with Gasteiger partial charge in [-0.15, -0.1) is 11.8 Å². The largest absolute Gasteiger partial charge is 0.496 e. The Balaban J connectivity index is 2.91. The molecule has 0 heterocycles. The Morgan fingerprint density at radius 3 is 2.81 bits per heavy atom. The number of hydrogen-bond donors (Lipinski definition) is 2. The van der Waals surface area contributed by atoms with Gasteiger partial charge in [0, 0.05) is 6.42 Å². The zero-order valence-corrected chi connectivity index (χ0v) is 11.0. The van der Waals surface area contributed by atoms with Gasteiger partial charge in [0.25, 0.3) is 0 Å². The molecule has 0 bridgehead atoms. The van der Waals surface area contributed by atoms with Crippen LogP contribution in [0, 0.1) is 11.8 Å². The Bertz CT molecular complexity index is 409. The smallest absolute Gasteiger partial charge is 0.133 e. The van der Waals surface area contributed by atoms with Crippen LogP contribution < -0.4 is 16.0 Å². The average Bonchev–Trinajstić information content (AvgIpc) is 2.30. The predicted molar refractivity (Wildman–Crippen MR) is 68.8 cm³/mol. The van der Waals surface area contributed by atoms with Crippen molar-refractivity contribution in [1.82, 2.24) is 5.43 Å². The van der Waals surface area contributed by atoms with Crippen molar-refractivity contribution < 1.29 is 4.74 Å². The lowest BCUT2D eigenvalue weighted by molar-refractivity contribution is 0.411. The summed E-state index contributed by atoms with van der Waals surface area (Å²) in [4.78, 5) is 0. The van der Waals surface area contributed by atoms with Gasteiger partial charge in [0.2, 0.25) is 0 Å². The molecule has 4 heteroatoms. The van der Waals surface area contributed by atoms with Crippen molar-refractivity contribution in [3.05, 3.63) is 28.2 Å². The van der Waals surface area contributed by atoms with Crippen molar-refractivity contribution in [2.24, 2.45) is 5.84 Å². The molecular formula is C12H15BrN2O. The number of benzene rings is 1. The molecule has 0 radical (unpaired) electrons. The van der Waals surface area contributed by atoms with Crippen LogP contribution >= 0.6 is 15.9 Å². The lowest BCUT2D eigenvalue weighted by Gasteiger charge is -2.14. The Morgan fingerprint density at radius 1 is 1.56 bits per heavy atom. The SMILES string of the molecule is CC#CCC(NN)c1ccc(OC)c(Br)c1. The van der Waals surface area contributed by atoms with E-state index in [1.165, 1.54) is 0 Å². The molecule has 3 nitrogen and oxygen atoms in total. The number of rotatable bonds is 4. The highest BCUT2D eigenvalue weighted by atomic mass is 79.9. The fraction of sp³-hybridized carbons (Fsp3) is 0.333. The van der Waals surface area contributed by atoms with Crippen LogP contribution in [0.15, 0.2) is 22.7 Å². The minimum Gasteiger partial charge on any atom is -0.496 e. The maximum absolute atomic E-state index is 5.50. The number of hydrazine groups is 1. The van der Waals surface area contributed by atoms with Crippen LogP contribution in [-0.4, -0.2) is 7.11 Å². The minimum atomic E-state index is 0.0367. The lowest BCUT2D eigenvalue weighted by atomic mass is 10.0. The topological polar surface area (TPSA) is 47.3 Å². The van der Waals surface area contributed by atoms with Crippen molar-refractivity contribution in [3.8, 4) is 17.6 Å². The number of ether oxygens (including phenoxy) is 1. The summed E-state index contributed by atoms with van der Waals surface area (Å²) >= 11 is 3.44. The normalized spacial score (nSPS) is 11.5. The first kappa shape index (κ1) is 13.0. The third kappa shape index (κ3) is 3.24. The molecule has 3 N–H and O–H groups in total. The van der Waals surface area contributed by atoms with E-state index in [0.717, 1.165) is 15.8 Å². The number of nitrogens with one attached hydrogen (secondary N) is 1. The Kier molecular flexibility index (Phi) is 5.33. The molecule has 1 unspecified atom stereocenters. The zero-order chi connectivity index (χ0) is 12.0.